The summed E-state index contributed by atoms with van der Waals surface area (Å²) in [6.07, 6.45) is 2.11. The van der Waals surface area contributed by atoms with Gasteiger partial charge in [-0.3, -0.25) is 4.79 Å². The zero-order chi connectivity index (χ0) is 12.7. The number of hydrogen-bond acceptors (Lipinski definition) is 5. The van der Waals surface area contributed by atoms with Crippen LogP contribution in [-0.4, -0.2) is 38.2 Å². The number of anilines is 2. The lowest BCUT2D eigenvalue weighted by molar-refractivity contribution is -0.142. The van der Waals surface area contributed by atoms with Crippen molar-refractivity contribution in [1.82, 2.24) is 4.98 Å². The SMILES string of the molecule is CCOC(=O)CCNc1ccc(N(C)C)nc1. The van der Waals surface area contributed by atoms with Gasteiger partial charge in [-0.15, -0.1) is 0 Å². The zero-order valence-corrected chi connectivity index (χ0v) is 10.6. The number of ether oxygens (including phenoxy) is 1. The fourth-order valence-electron chi connectivity index (χ4n) is 1.30. The van der Waals surface area contributed by atoms with E-state index in [1.807, 2.05) is 31.1 Å². The molecule has 0 bridgehead atoms. The highest BCUT2D eigenvalue weighted by atomic mass is 16.5. The Balaban J connectivity index is 2.35. The Morgan fingerprint density at radius 3 is 2.76 bits per heavy atom. The number of nitrogens with one attached hydrogen (secondary N) is 1. The van der Waals surface area contributed by atoms with E-state index in [0.29, 0.717) is 19.6 Å². The highest BCUT2D eigenvalue weighted by Gasteiger charge is 2.01. The number of pyridine rings is 1. The van der Waals surface area contributed by atoms with Crippen LogP contribution >= 0.6 is 0 Å². The van der Waals surface area contributed by atoms with Crippen LogP contribution in [0.5, 0.6) is 0 Å². The summed E-state index contributed by atoms with van der Waals surface area (Å²) >= 11 is 0. The van der Waals surface area contributed by atoms with Crippen molar-refractivity contribution < 1.29 is 9.53 Å². The molecule has 1 N–H and O–H groups in total. The van der Waals surface area contributed by atoms with E-state index in [1.165, 1.54) is 0 Å². The van der Waals surface area contributed by atoms with E-state index in [9.17, 15) is 4.79 Å². The third kappa shape index (κ3) is 4.72. The summed E-state index contributed by atoms with van der Waals surface area (Å²) in [6.45, 7) is 2.79. The minimum absolute atomic E-state index is 0.183. The molecular formula is C12H19N3O2. The van der Waals surface area contributed by atoms with Crippen molar-refractivity contribution in [3.63, 3.8) is 0 Å². The summed E-state index contributed by atoms with van der Waals surface area (Å²) < 4.78 is 4.83. The normalized spacial score (nSPS) is 9.82. The second-order valence-corrected chi connectivity index (χ2v) is 3.78. The van der Waals surface area contributed by atoms with Gasteiger partial charge in [-0.1, -0.05) is 0 Å². The minimum atomic E-state index is -0.183. The van der Waals surface area contributed by atoms with Crippen molar-refractivity contribution in [2.24, 2.45) is 0 Å². The van der Waals surface area contributed by atoms with E-state index in [2.05, 4.69) is 10.3 Å². The first-order chi connectivity index (χ1) is 8.13. The predicted molar refractivity (Wildman–Crippen MR) is 68.3 cm³/mol. The summed E-state index contributed by atoms with van der Waals surface area (Å²) in [5.41, 5.74) is 0.903. The molecular weight excluding hydrogens is 218 g/mol. The summed E-state index contributed by atoms with van der Waals surface area (Å²) in [5.74, 6) is 0.721. The maximum Gasteiger partial charge on any atom is 0.307 e. The number of aromatic nitrogens is 1. The Bertz CT molecular complexity index is 349. The summed E-state index contributed by atoms with van der Waals surface area (Å²) in [6, 6.07) is 3.86. The van der Waals surface area contributed by atoms with Crippen LogP contribution in [0.1, 0.15) is 13.3 Å². The molecule has 0 aliphatic carbocycles. The van der Waals surface area contributed by atoms with Crippen LogP contribution in [-0.2, 0) is 9.53 Å². The van der Waals surface area contributed by atoms with E-state index >= 15 is 0 Å². The smallest absolute Gasteiger partial charge is 0.307 e. The highest BCUT2D eigenvalue weighted by molar-refractivity contribution is 5.70. The van der Waals surface area contributed by atoms with Gasteiger partial charge in [0, 0.05) is 20.6 Å². The number of hydrogen-bond donors (Lipinski definition) is 1. The first-order valence-corrected chi connectivity index (χ1v) is 5.66. The fraction of sp³-hybridized carbons (Fsp3) is 0.500. The molecule has 1 aromatic heterocycles. The average molecular weight is 237 g/mol. The van der Waals surface area contributed by atoms with Crippen LogP contribution in [0, 0.1) is 0 Å². The lowest BCUT2D eigenvalue weighted by Crippen LogP contribution is -2.12. The lowest BCUT2D eigenvalue weighted by Gasteiger charge is -2.11. The van der Waals surface area contributed by atoms with Crippen LogP contribution in [0.25, 0.3) is 0 Å². The van der Waals surface area contributed by atoms with Gasteiger partial charge in [0.05, 0.1) is 24.9 Å². The van der Waals surface area contributed by atoms with Gasteiger partial charge in [-0.2, -0.15) is 0 Å². The van der Waals surface area contributed by atoms with Gasteiger partial charge in [0.25, 0.3) is 0 Å². The largest absolute Gasteiger partial charge is 0.466 e. The Kier molecular flexibility index (Phi) is 5.26. The second-order valence-electron chi connectivity index (χ2n) is 3.78. The Morgan fingerprint density at radius 1 is 1.47 bits per heavy atom. The minimum Gasteiger partial charge on any atom is -0.466 e. The molecule has 17 heavy (non-hydrogen) atoms. The van der Waals surface area contributed by atoms with Crippen molar-refractivity contribution >= 4 is 17.5 Å². The van der Waals surface area contributed by atoms with Crippen LogP contribution in [0.15, 0.2) is 18.3 Å². The molecule has 0 atom stereocenters. The molecule has 0 radical (unpaired) electrons. The third-order valence-electron chi connectivity index (χ3n) is 2.17. The van der Waals surface area contributed by atoms with Crippen LogP contribution in [0.3, 0.4) is 0 Å². The van der Waals surface area contributed by atoms with E-state index in [0.717, 1.165) is 11.5 Å². The Morgan fingerprint density at radius 2 is 2.24 bits per heavy atom. The quantitative estimate of drug-likeness (QED) is 0.760. The zero-order valence-electron chi connectivity index (χ0n) is 10.6. The van der Waals surface area contributed by atoms with Gasteiger partial charge in [-0.25, -0.2) is 4.98 Å². The van der Waals surface area contributed by atoms with Crippen molar-refractivity contribution in [2.75, 3.05) is 37.5 Å². The summed E-state index contributed by atoms with van der Waals surface area (Å²) in [4.78, 5) is 17.3. The molecule has 0 amide bonds. The molecule has 1 aromatic rings. The second kappa shape index (κ2) is 6.73. The third-order valence-corrected chi connectivity index (χ3v) is 2.17. The topological polar surface area (TPSA) is 54.5 Å². The van der Waals surface area contributed by atoms with Gasteiger partial charge in [0.1, 0.15) is 5.82 Å². The molecule has 94 valence electrons. The van der Waals surface area contributed by atoms with Crippen molar-refractivity contribution in [2.45, 2.75) is 13.3 Å². The highest BCUT2D eigenvalue weighted by Crippen LogP contribution is 2.11. The first-order valence-electron chi connectivity index (χ1n) is 5.66. The first kappa shape index (κ1) is 13.3. The van der Waals surface area contributed by atoms with Gasteiger partial charge in [-0.05, 0) is 19.1 Å². The molecule has 5 nitrogen and oxygen atoms in total. The van der Waals surface area contributed by atoms with Gasteiger partial charge in [0.2, 0.25) is 0 Å². The molecule has 0 aliphatic rings. The fourth-order valence-corrected chi connectivity index (χ4v) is 1.30. The molecule has 5 heteroatoms. The van der Waals surface area contributed by atoms with E-state index in [-0.39, 0.29) is 5.97 Å². The molecule has 0 aliphatic heterocycles. The molecule has 0 spiro atoms. The van der Waals surface area contributed by atoms with Gasteiger partial charge in [0.15, 0.2) is 0 Å². The van der Waals surface area contributed by atoms with Crippen LogP contribution in [0.2, 0.25) is 0 Å². The number of carbonyl (C=O) groups excluding carboxylic acids is 1. The number of carbonyl (C=O) groups is 1. The monoisotopic (exact) mass is 237 g/mol. The van der Waals surface area contributed by atoms with Crippen molar-refractivity contribution in [1.29, 1.82) is 0 Å². The van der Waals surface area contributed by atoms with Gasteiger partial charge >= 0.3 is 5.97 Å². The molecule has 0 saturated carbocycles. The molecule has 0 fully saturated rings. The van der Waals surface area contributed by atoms with Crippen molar-refractivity contribution in [3.8, 4) is 0 Å². The van der Waals surface area contributed by atoms with Crippen molar-refractivity contribution in [3.05, 3.63) is 18.3 Å². The van der Waals surface area contributed by atoms with Gasteiger partial charge < -0.3 is 15.0 Å². The number of rotatable bonds is 6. The molecule has 0 aromatic carbocycles. The van der Waals surface area contributed by atoms with Crippen LogP contribution in [0.4, 0.5) is 11.5 Å². The van der Waals surface area contributed by atoms with E-state index < -0.39 is 0 Å². The standard InChI is InChI=1S/C12H19N3O2/c1-4-17-12(16)7-8-13-10-5-6-11(14-9-10)15(2)3/h5-6,9,13H,4,7-8H2,1-3H3. The molecule has 0 unspecified atom stereocenters. The predicted octanol–water partition coefficient (Wildman–Crippen LogP) is 1.51. The van der Waals surface area contributed by atoms with E-state index in [4.69, 9.17) is 4.74 Å². The maximum atomic E-state index is 11.1. The number of esters is 1. The summed E-state index contributed by atoms with van der Waals surface area (Å²) in [5, 5.41) is 3.12. The molecule has 1 heterocycles. The molecule has 0 saturated heterocycles. The Labute approximate surface area is 102 Å². The number of nitrogens with zero attached hydrogens (tertiary/aromatic N) is 2. The molecule has 1 rings (SSSR count). The maximum absolute atomic E-state index is 11.1. The summed E-state index contributed by atoms with van der Waals surface area (Å²) in [7, 11) is 3.88. The lowest BCUT2D eigenvalue weighted by atomic mass is 10.3. The van der Waals surface area contributed by atoms with Crippen LogP contribution < -0.4 is 10.2 Å². The van der Waals surface area contributed by atoms with E-state index in [1.54, 1.807) is 13.1 Å². The average Bonchev–Trinajstić information content (AvgIpc) is 2.30. The Hall–Kier alpha value is -1.78.